The van der Waals surface area contributed by atoms with Crippen molar-refractivity contribution >= 4 is 60.5 Å². The van der Waals surface area contributed by atoms with Crippen LogP contribution in [0, 0.1) is 0 Å². The summed E-state index contributed by atoms with van der Waals surface area (Å²) in [6.07, 6.45) is 0. The summed E-state index contributed by atoms with van der Waals surface area (Å²) in [5.74, 6) is 0. The van der Waals surface area contributed by atoms with Gasteiger partial charge in [-0.05, 0) is 97.4 Å². The standard InChI is InChI=1S/C53H37NO/c1-53(2)45-21-9-7-18-43(45)50-46(53)22-12-23-47(50)54(39-29-27-36(28-30-39)41-20-11-16-35-14-5-6-17-40(35)41)48-32-31-42(38-26-25-34-13-3-4-15-37(34)33-38)52-51(48)44-19-8-10-24-49(44)55-52/h3-33H,1-2H3. The summed E-state index contributed by atoms with van der Waals surface area (Å²) in [5.41, 5.74) is 14.9. The molecule has 2 heteroatoms. The molecule has 0 saturated heterocycles. The third kappa shape index (κ3) is 4.81. The van der Waals surface area contributed by atoms with E-state index >= 15 is 0 Å². The minimum absolute atomic E-state index is 0.135. The molecular weight excluding hydrogens is 667 g/mol. The molecule has 0 atom stereocenters. The van der Waals surface area contributed by atoms with Gasteiger partial charge in [0.2, 0.25) is 0 Å². The molecule has 1 aliphatic carbocycles. The van der Waals surface area contributed by atoms with Gasteiger partial charge < -0.3 is 9.32 Å². The summed E-state index contributed by atoms with van der Waals surface area (Å²) in [7, 11) is 0. The van der Waals surface area contributed by atoms with Crippen molar-refractivity contribution in [1.29, 1.82) is 0 Å². The maximum atomic E-state index is 6.89. The molecule has 0 radical (unpaired) electrons. The Hall–Kier alpha value is -6.90. The maximum Gasteiger partial charge on any atom is 0.145 e. The lowest BCUT2D eigenvalue weighted by Crippen LogP contribution is -2.16. The van der Waals surface area contributed by atoms with E-state index < -0.39 is 0 Å². The number of rotatable bonds is 5. The zero-order valence-corrected chi connectivity index (χ0v) is 30.8. The van der Waals surface area contributed by atoms with E-state index in [1.54, 1.807) is 0 Å². The Bertz CT molecular complexity index is 3120. The maximum absolute atomic E-state index is 6.89. The van der Waals surface area contributed by atoms with Gasteiger partial charge in [0.25, 0.3) is 0 Å². The highest BCUT2D eigenvalue weighted by molar-refractivity contribution is 6.18. The van der Waals surface area contributed by atoms with Crippen molar-refractivity contribution < 1.29 is 4.42 Å². The predicted molar refractivity (Wildman–Crippen MR) is 232 cm³/mol. The molecule has 0 spiro atoms. The Kier molecular flexibility index (Phi) is 6.93. The van der Waals surface area contributed by atoms with Crippen LogP contribution in [0.2, 0.25) is 0 Å². The molecule has 1 aliphatic rings. The Balaban J connectivity index is 1.18. The molecule has 0 aliphatic heterocycles. The molecule has 2 nitrogen and oxygen atoms in total. The molecule has 0 saturated carbocycles. The first-order valence-electron chi connectivity index (χ1n) is 19.1. The van der Waals surface area contributed by atoms with Gasteiger partial charge in [0.1, 0.15) is 11.2 Å². The Labute approximate surface area is 320 Å². The second kappa shape index (κ2) is 12.1. The molecule has 0 amide bonds. The van der Waals surface area contributed by atoms with E-state index in [4.69, 9.17) is 4.42 Å². The lowest BCUT2D eigenvalue weighted by molar-refractivity contribution is 0.660. The van der Waals surface area contributed by atoms with Crippen LogP contribution in [0.15, 0.2) is 192 Å². The Morgan fingerprint density at radius 2 is 1.09 bits per heavy atom. The molecule has 260 valence electrons. The van der Waals surface area contributed by atoms with Crippen LogP contribution in [-0.2, 0) is 5.41 Å². The second-order valence-electron chi connectivity index (χ2n) is 15.3. The molecule has 55 heavy (non-hydrogen) atoms. The highest BCUT2D eigenvalue weighted by Gasteiger charge is 2.38. The van der Waals surface area contributed by atoms with Crippen molar-refractivity contribution in [3.63, 3.8) is 0 Å². The Morgan fingerprint density at radius 1 is 0.436 bits per heavy atom. The van der Waals surface area contributed by atoms with E-state index in [9.17, 15) is 0 Å². The molecule has 0 fully saturated rings. The number of hydrogen-bond acceptors (Lipinski definition) is 2. The summed E-state index contributed by atoms with van der Waals surface area (Å²) in [4.78, 5) is 2.47. The van der Waals surface area contributed by atoms with Crippen molar-refractivity contribution in [2.75, 3.05) is 4.90 Å². The highest BCUT2D eigenvalue weighted by Crippen LogP contribution is 2.55. The van der Waals surface area contributed by atoms with Crippen LogP contribution in [-0.4, -0.2) is 0 Å². The third-order valence-corrected chi connectivity index (χ3v) is 11.9. The molecule has 11 rings (SSSR count). The number of anilines is 3. The van der Waals surface area contributed by atoms with E-state index in [0.29, 0.717) is 0 Å². The van der Waals surface area contributed by atoms with E-state index in [1.807, 2.05) is 0 Å². The molecule has 0 N–H and O–H groups in total. The first-order valence-corrected chi connectivity index (χ1v) is 19.1. The van der Waals surface area contributed by atoms with Crippen molar-refractivity contribution in [3.8, 4) is 33.4 Å². The van der Waals surface area contributed by atoms with Gasteiger partial charge in [-0.15, -0.1) is 0 Å². The number of fused-ring (bicyclic) bond motifs is 8. The summed E-state index contributed by atoms with van der Waals surface area (Å²) in [6.45, 7) is 4.70. The average molecular weight is 704 g/mol. The lowest BCUT2D eigenvalue weighted by Gasteiger charge is -2.30. The van der Waals surface area contributed by atoms with E-state index in [0.717, 1.165) is 50.1 Å². The average Bonchev–Trinajstić information content (AvgIpc) is 3.74. The molecule has 10 aromatic rings. The minimum atomic E-state index is -0.135. The van der Waals surface area contributed by atoms with E-state index in [-0.39, 0.29) is 5.41 Å². The summed E-state index contributed by atoms with van der Waals surface area (Å²) in [5, 5.41) is 7.13. The van der Waals surface area contributed by atoms with Crippen LogP contribution < -0.4 is 4.90 Å². The normalized spacial score (nSPS) is 13.1. The second-order valence-corrected chi connectivity index (χ2v) is 15.3. The SMILES string of the molecule is CC1(C)c2ccccc2-c2c(N(c3ccc(-c4cccc5ccccc45)cc3)c3ccc(-c4ccc5ccccc5c4)c4oc5ccccc5c34)cccc21. The van der Waals surface area contributed by atoms with Gasteiger partial charge in [0, 0.05) is 27.6 Å². The quantitative estimate of drug-likeness (QED) is 0.177. The molecule has 1 aromatic heterocycles. The number of para-hydroxylation sites is 1. The van der Waals surface area contributed by atoms with Gasteiger partial charge in [-0.2, -0.15) is 0 Å². The molecule has 1 heterocycles. The molecular formula is C53H37NO. The molecule has 0 unspecified atom stereocenters. The van der Waals surface area contributed by atoms with Gasteiger partial charge in [-0.3, -0.25) is 0 Å². The molecule has 0 bridgehead atoms. The zero-order chi connectivity index (χ0) is 36.7. The fraction of sp³-hybridized carbons (Fsp3) is 0.0566. The van der Waals surface area contributed by atoms with Crippen LogP contribution in [0.5, 0.6) is 0 Å². The number of nitrogens with zero attached hydrogens (tertiary/aromatic N) is 1. The lowest BCUT2D eigenvalue weighted by atomic mass is 9.82. The van der Waals surface area contributed by atoms with Gasteiger partial charge in [-0.25, -0.2) is 0 Å². The van der Waals surface area contributed by atoms with Crippen molar-refractivity contribution in [2.24, 2.45) is 0 Å². The summed E-state index contributed by atoms with van der Waals surface area (Å²) >= 11 is 0. The number of hydrogen-bond donors (Lipinski definition) is 0. The van der Waals surface area contributed by atoms with E-state index in [2.05, 4.69) is 207 Å². The van der Waals surface area contributed by atoms with Crippen LogP contribution in [0.3, 0.4) is 0 Å². The van der Waals surface area contributed by atoms with Crippen LogP contribution in [0.1, 0.15) is 25.0 Å². The van der Waals surface area contributed by atoms with Crippen molar-refractivity contribution in [2.45, 2.75) is 19.3 Å². The fourth-order valence-corrected chi connectivity index (χ4v) is 9.18. The van der Waals surface area contributed by atoms with Gasteiger partial charge >= 0.3 is 0 Å². The zero-order valence-electron chi connectivity index (χ0n) is 30.8. The fourth-order valence-electron chi connectivity index (χ4n) is 9.18. The van der Waals surface area contributed by atoms with Crippen LogP contribution >= 0.6 is 0 Å². The monoisotopic (exact) mass is 703 g/mol. The van der Waals surface area contributed by atoms with Gasteiger partial charge in [0.05, 0.1) is 16.8 Å². The first-order chi connectivity index (χ1) is 27.0. The number of benzene rings is 9. The van der Waals surface area contributed by atoms with Crippen LogP contribution in [0.4, 0.5) is 17.1 Å². The van der Waals surface area contributed by atoms with Gasteiger partial charge in [-0.1, -0.05) is 159 Å². The van der Waals surface area contributed by atoms with Gasteiger partial charge in [0.15, 0.2) is 0 Å². The minimum Gasteiger partial charge on any atom is -0.455 e. The third-order valence-electron chi connectivity index (χ3n) is 11.9. The van der Waals surface area contributed by atoms with Crippen molar-refractivity contribution in [1.82, 2.24) is 0 Å². The first kappa shape index (κ1) is 31.6. The Morgan fingerprint density at radius 3 is 1.96 bits per heavy atom. The summed E-state index contributed by atoms with van der Waals surface area (Å²) in [6, 6.07) is 68.4. The largest absolute Gasteiger partial charge is 0.455 e. The topological polar surface area (TPSA) is 16.4 Å². The summed E-state index contributed by atoms with van der Waals surface area (Å²) < 4.78 is 6.89. The highest BCUT2D eigenvalue weighted by atomic mass is 16.3. The molecule has 9 aromatic carbocycles. The van der Waals surface area contributed by atoms with Crippen LogP contribution in [0.25, 0.3) is 76.9 Å². The predicted octanol–water partition coefficient (Wildman–Crippen LogP) is 15.0. The smallest absolute Gasteiger partial charge is 0.145 e. The number of furan rings is 1. The van der Waals surface area contributed by atoms with Crippen molar-refractivity contribution in [3.05, 3.63) is 199 Å². The van der Waals surface area contributed by atoms with E-state index in [1.165, 1.54) is 54.9 Å².